The first-order valence-electron chi connectivity index (χ1n) is 15.0. The van der Waals surface area contributed by atoms with Crippen molar-refractivity contribution in [3.8, 4) is 23.1 Å². The quantitative estimate of drug-likeness (QED) is 0.378. The Hall–Kier alpha value is -3.64. The Morgan fingerprint density at radius 2 is 2.12 bits per heavy atom. The number of H-pyrrole nitrogens is 1. The number of piperazine rings is 1. The molecular formula is C30H32F2N8O2. The van der Waals surface area contributed by atoms with Gasteiger partial charge in [-0.15, -0.1) is 0 Å². The molecule has 0 aliphatic carbocycles. The van der Waals surface area contributed by atoms with Crippen LogP contribution in [-0.4, -0.2) is 92.7 Å². The molecule has 218 valence electrons. The third-order valence-electron chi connectivity index (χ3n) is 10.2. The maximum Gasteiger partial charge on any atom is 0.319 e. The number of hydrogen-bond donors (Lipinski definition) is 2. The fourth-order valence-electron chi connectivity index (χ4n) is 8.24. The van der Waals surface area contributed by atoms with Crippen LogP contribution in [0.25, 0.3) is 33.1 Å². The van der Waals surface area contributed by atoms with Gasteiger partial charge in [-0.25, -0.2) is 13.8 Å². The molecule has 0 unspecified atom stereocenters. The molecule has 5 aliphatic heterocycles. The van der Waals surface area contributed by atoms with Crippen LogP contribution in [-0.2, 0) is 0 Å². The maximum absolute atomic E-state index is 16.8. The molecule has 0 amide bonds. The zero-order valence-electron chi connectivity index (χ0n) is 23.4. The van der Waals surface area contributed by atoms with E-state index in [0.717, 1.165) is 55.2 Å². The van der Waals surface area contributed by atoms with Crippen molar-refractivity contribution in [1.82, 2.24) is 35.4 Å². The van der Waals surface area contributed by atoms with Crippen LogP contribution in [0.15, 0.2) is 18.3 Å². The van der Waals surface area contributed by atoms with Crippen molar-refractivity contribution in [2.75, 3.05) is 37.7 Å². The van der Waals surface area contributed by atoms with Gasteiger partial charge in [-0.05, 0) is 50.8 Å². The van der Waals surface area contributed by atoms with Crippen molar-refractivity contribution in [3.63, 3.8) is 0 Å². The van der Waals surface area contributed by atoms with E-state index in [2.05, 4.69) is 30.3 Å². The Morgan fingerprint density at radius 3 is 3.05 bits per heavy atom. The Kier molecular flexibility index (Phi) is 5.30. The van der Waals surface area contributed by atoms with E-state index < -0.39 is 12.0 Å². The highest BCUT2D eigenvalue weighted by atomic mass is 19.1. The summed E-state index contributed by atoms with van der Waals surface area (Å²) in [6.45, 7) is 4.62. The summed E-state index contributed by atoms with van der Waals surface area (Å²) in [5.74, 6) is 0.368. The SMILES string of the molecule is Cc1ccc2[nH]ncc2c1-c1nc2c3c(nc(OC[C@@]45CCCN4C[C@H](F)C5)nc3c1F)N1C[C@H]3CC[C@H](N3)[C@H]1CO2. The highest BCUT2D eigenvalue weighted by molar-refractivity contribution is 6.01. The second-order valence-electron chi connectivity index (χ2n) is 12.7. The number of aromatic nitrogens is 5. The molecule has 12 heteroatoms. The zero-order valence-corrected chi connectivity index (χ0v) is 23.4. The van der Waals surface area contributed by atoms with Gasteiger partial charge in [0.1, 0.15) is 41.8 Å². The van der Waals surface area contributed by atoms with Gasteiger partial charge in [-0.3, -0.25) is 10.00 Å². The van der Waals surface area contributed by atoms with Crippen LogP contribution < -0.4 is 19.7 Å². The largest absolute Gasteiger partial charge is 0.475 e. The van der Waals surface area contributed by atoms with E-state index in [9.17, 15) is 4.39 Å². The van der Waals surface area contributed by atoms with Gasteiger partial charge in [0.2, 0.25) is 5.88 Å². The standard InChI is InChI=1S/C30H32F2N8O2/c1-15-3-5-19-18(10-33-38-19)22(15)25-24(32)26-23-27(40-12-17-4-6-20(34-17)21(40)13-41-28(23)35-25)37-29(36-26)42-14-30-7-2-8-39(30)11-16(31)9-30/h3,5,10,16-17,20-21,34H,2,4,6-9,11-14H2,1H3,(H,33,38)/t16-,17-,20+,21-,30+/m1/s1. The molecule has 4 fully saturated rings. The van der Waals surface area contributed by atoms with E-state index >= 15 is 4.39 Å². The Bertz CT molecular complexity index is 1750. The van der Waals surface area contributed by atoms with Crippen molar-refractivity contribution in [1.29, 1.82) is 0 Å². The topological polar surface area (TPSA) is 104 Å². The van der Waals surface area contributed by atoms with Gasteiger partial charge in [0.15, 0.2) is 5.82 Å². The molecule has 10 nitrogen and oxygen atoms in total. The van der Waals surface area contributed by atoms with E-state index in [1.165, 1.54) is 0 Å². The lowest BCUT2D eigenvalue weighted by molar-refractivity contribution is 0.107. The van der Waals surface area contributed by atoms with Crippen LogP contribution in [0.2, 0.25) is 0 Å². The number of anilines is 1. The lowest BCUT2D eigenvalue weighted by Crippen LogP contribution is -2.60. The van der Waals surface area contributed by atoms with E-state index in [4.69, 9.17) is 19.4 Å². The molecule has 4 saturated heterocycles. The number of alkyl halides is 1. The molecule has 0 radical (unpaired) electrons. The van der Waals surface area contributed by atoms with E-state index in [1.54, 1.807) is 6.20 Å². The highest BCUT2D eigenvalue weighted by Gasteiger charge is 2.50. The van der Waals surface area contributed by atoms with Crippen LogP contribution in [0.3, 0.4) is 0 Å². The van der Waals surface area contributed by atoms with Crippen LogP contribution in [0, 0.1) is 12.7 Å². The van der Waals surface area contributed by atoms with Gasteiger partial charge in [-0.2, -0.15) is 15.1 Å². The van der Waals surface area contributed by atoms with Gasteiger partial charge in [0.25, 0.3) is 0 Å². The third-order valence-corrected chi connectivity index (χ3v) is 10.2. The van der Waals surface area contributed by atoms with Crippen LogP contribution >= 0.6 is 0 Å². The second-order valence-corrected chi connectivity index (χ2v) is 12.7. The highest BCUT2D eigenvalue weighted by Crippen LogP contribution is 2.45. The molecule has 5 atom stereocenters. The molecule has 2 bridgehead atoms. The number of pyridine rings is 1. The molecule has 2 N–H and O–H groups in total. The predicted octanol–water partition coefficient (Wildman–Crippen LogP) is 3.67. The number of ether oxygens (including phenoxy) is 2. The number of fused-ring (bicyclic) bond motifs is 7. The summed E-state index contributed by atoms with van der Waals surface area (Å²) in [4.78, 5) is 18.8. The normalized spacial score (nSPS) is 30.0. The third kappa shape index (κ3) is 3.54. The first-order valence-corrected chi connectivity index (χ1v) is 15.0. The first kappa shape index (κ1) is 24.9. The Morgan fingerprint density at radius 1 is 1.19 bits per heavy atom. The van der Waals surface area contributed by atoms with Crippen molar-refractivity contribution in [2.45, 2.75) is 68.9 Å². The van der Waals surface area contributed by atoms with Crippen LogP contribution in [0.1, 0.15) is 37.7 Å². The van der Waals surface area contributed by atoms with Gasteiger partial charge < -0.3 is 19.7 Å². The zero-order chi connectivity index (χ0) is 28.2. The van der Waals surface area contributed by atoms with Gasteiger partial charge >= 0.3 is 6.01 Å². The molecule has 0 saturated carbocycles. The summed E-state index contributed by atoms with van der Waals surface area (Å²) in [7, 11) is 0. The number of halogens is 2. The van der Waals surface area contributed by atoms with Crippen LogP contribution in [0.5, 0.6) is 11.9 Å². The molecular weight excluding hydrogens is 542 g/mol. The molecule has 9 rings (SSSR count). The lowest BCUT2D eigenvalue weighted by atomic mass is 9.95. The van der Waals surface area contributed by atoms with E-state index in [0.29, 0.717) is 48.3 Å². The van der Waals surface area contributed by atoms with Crippen LogP contribution in [0.4, 0.5) is 14.6 Å². The minimum atomic E-state index is -0.868. The number of nitrogens with zero attached hydrogens (tertiary/aromatic N) is 6. The predicted molar refractivity (Wildman–Crippen MR) is 152 cm³/mol. The lowest BCUT2D eigenvalue weighted by Gasteiger charge is -2.40. The molecule has 4 aromatic rings. The Balaban J connectivity index is 1.22. The molecule has 0 spiro atoms. The summed E-state index contributed by atoms with van der Waals surface area (Å²) < 4.78 is 44.0. The van der Waals surface area contributed by atoms with Crippen molar-refractivity contribution in [3.05, 3.63) is 29.7 Å². The summed E-state index contributed by atoms with van der Waals surface area (Å²) in [5, 5.41) is 12.1. The number of nitrogens with one attached hydrogen (secondary N) is 2. The molecule has 8 heterocycles. The van der Waals surface area contributed by atoms with E-state index in [1.807, 2.05) is 19.1 Å². The molecule has 5 aliphatic rings. The number of aromatic amines is 1. The first-order chi connectivity index (χ1) is 20.5. The summed E-state index contributed by atoms with van der Waals surface area (Å²) >= 11 is 0. The number of benzene rings is 1. The molecule has 42 heavy (non-hydrogen) atoms. The monoisotopic (exact) mass is 574 g/mol. The minimum absolute atomic E-state index is 0.0144. The van der Waals surface area contributed by atoms with Crippen molar-refractivity contribution < 1.29 is 18.3 Å². The average Bonchev–Trinajstić information content (AvgIpc) is 3.74. The molecule has 1 aromatic carbocycles. The fraction of sp³-hybridized carbons (Fsp3) is 0.533. The smallest absolute Gasteiger partial charge is 0.319 e. The maximum atomic E-state index is 16.8. The summed E-state index contributed by atoms with van der Waals surface area (Å²) in [6, 6.07) is 4.54. The van der Waals surface area contributed by atoms with Gasteiger partial charge in [-0.1, -0.05) is 6.07 Å². The second kappa shape index (κ2) is 8.93. The van der Waals surface area contributed by atoms with Crippen molar-refractivity contribution >= 4 is 27.6 Å². The minimum Gasteiger partial charge on any atom is -0.475 e. The average molecular weight is 575 g/mol. The fourth-order valence-corrected chi connectivity index (χ4v) is 8.24. The van der Waals surface area contributed by atoms with Gasteiger partial charge in [0.05, 0.1) is 23.3 Å². The van der Waals surface area contributed by atoms with Gasteiger partial charge in [0, 0.05) is 42.5 Å². The number of rotatable bonds is 4. The summed E-state index contributed by atoms with van der Waals surface area (Å²) in [6.07, 6.45) is 5.25. The number of hydrogen-bond acceptors (Lipinski definition) is 9. The summed E-state index contributed by atoms with van der Waals surface area (Å²) in [5.41, 5.74) is 2.21. The number of aryl methyl sites for hydroxylation is 1. The van der Waals surface area contributed by atoms with E-state index in [-0.39, 0.29) is 41.5 Å². The van der Waals surface area contributed by atoms with Crippen molar-refractivity contribution in [2.24, 2.45) is 0 Å². The molecule has 3 aromatic heterocycles. The Labute approximate surface area is 240 Å².